The topological polar surface area (TPSA) is 80.4 Å². The van der Waals surface area contributed by atoms with E-state index in [9.17, 15) is 8.42 Å². The Labute approximate surface area is 47.7 Å². The second kappa shape index (κ2) is 2.25. The number of rotatable bonds is 2. The summed E-state index contributed by atoms with van der Waals surface area (Å²) in [5.41, 5.74) is 4.82. The Morgan fingerprint density at radius 1 is 1.75 bits per heavy atom. The molecule has 0 aliphatic heterocycles. The summed E-state index contributed by atoms with van der Waals surface area (Å²) in [6, 6.07) is 0. The standard InChI is InChI=1S/C3H7NO3S/c1-3(2-4)8(5,6)7/h1-2,4H2,(H,5,6,7). The number of hydrogen-bond acceptors (Lipinski definition) is 3. The van der Waals surface area contributed by atoms with E-state index in [1.54, 1.807) is 0 Å². The Kier molecular flexibility index (Phi) is 2.14. The summed E-state index contributed by atoms with van der Waals surface area (Å²) >= 11 is 0. The zero-order chi connectivity index (χ0) is 6.78. The van der Waals surface area contributed by atoms with E-state index in [0.717, 1.165) is 0 Å². The maximum Gasteiger partial charge on any atom is 0.291 e. The molecule has 0 amide bonds. The minimum absolute atomic E-state index is 0.237. The molecule has 0 spiro atoms. The average Bonchev–Trinajstić information content (AvgIpc) is 1.62. The van der Waals surface area contributed by atoms with Crippen LogP contribution in [0.5, 0.6) is 0 Å². The van der Waals surface area contributed by atoms with Crippen LogP contribution in [-0.2, 0) is 10.1 Å². The molecule has 3 N–H and O–H groups in total. The third-order valence-electron chi connectivity index (χ3n) is 0.592. The van der Waals surface area contributed by atoms with Gasteiger partial charge in [0.1, 0.15) is 0 Å². The molecule has 0 fully saturated rings. The van der Waals surface area contributed by atoms with E-state index >= 15 is 0 Å². The maximum absolute atomic E-state index is 9.94. The van der Waals surface area contributed by atoms with Crippen LogP contribution in [0.25, 0.3) is 0 Å². The van der Waals surface area contributed by atoms with E-state index in [2.05, 4.69) is 6.58 Å². The van der Waals surface area contributed by atoms with Crippen LogP contribution >= 0.6 is 0 Å². The van der Waals surface area contributed by atoms with Gasteiger partial charge in [-0.3, -0.25) is 4.55 Å². The van der Waals surface area contributed by atoms with Gasteiger partial charge in [0.25, 0.3) is 10.1 Å². The normalized spacial score (nSPS) is 11.2. The van der Waals surface area contributed by atoms with Gasteiger partial charge in [-0.1, -0.05) is 6.58 Å². The Bertz CT molecular complexity index is 181. The highest BCUT2D eigenvalue weighted by atomic mass is 32.2. The summed E-state index contributed by atoms with van der Waals surface area (Å²) in [4.78, 5) is -0.363. The third-order valence-corrected chi connectivity index (χ3v) is 1.49. The van der Waals surface area contributed by atoms with Crippen molar-refractivity contribution in [2.45, 2.75) is 0 Å². The molecule has 0 saturated carbocycles. The molecular weight excluding hydrogens is 130 g/mol. The largest absolute Gasteiger partial charge is 0.326 e. The Morgan fingerprint density at radius 2 is 2.12 bits per heavy atom. The zero-order valence-corrected chi connectivity index (χ0v) is 4.98. The lowest BCUT2D eigenvalue weighted by Crippen LogP contribution is -2.10. The van der Waals surface area contributed by atoms with Gasteiger partial charge < -0.3 is 5.73 Å². The maximum atomic E-state index is 9.94. The Morgan fingerprint density at radius 3 is 2.12 bits per heavy atom. The highest BCUT2D eigenvalue weighted by Gasteiger charge is 2.06. The van der Waals surface area contributed by atoms with Gasteiger partial charge in [-0.25, -0.2) is 0 Å². The average molecular weight is 137 g/mol. The van der Waals surface area contributed by atoms with Gasteiger partial charge in [-0.05, 0) is 0 Å². The predicted octanol–water partition coefficient (Wildman–Crippen LogP) is -0.653. The van der Waals surface area contributed by atoms with Crippen LogP contribution in [-0.4, -0.2) is 19.5 Å². The minimum atomic E-state index is -4.07. The molecule has 5 heteroatoms. The minimum Gasteiger partial charge on any atom is -0.326 e. The van der Waals surface area contributed by atoms with E-state index < -0.39 is 10.1 Å². The molecule has 0 aromatic rings. The van der Waals surface area contributed by atoms with Gasteiger partial charge in [0, 0.05) is 6.54 Å². The van der Waals surface area contributed by atoms with Crippen LogP contribution in [0, 0.1) is 0 Å². The summed E-state index contributed by atoms with van der Waals surface area (Å²) in [6.07, 6.45) is 0. The van der Waals surface area contributed by atoms with Crippen molar-refractivity contribution in [1.29, 1.82) is 0 Å². The Balaban J connectivity index is 4.29. The lowest BCUT2D eigenvalue weighted by molar-refractivity contribution is 0.490. The molecule has 48 valence electrons. The van der Waals surface area contributed by atoms with Gasteiger partial charge in [-0.15, -0.1) is 0 Å². The summed E-state index contributed by atoms with van der Waals surface area (Å²) < 4.78 is 28.0. The van der Waals surface area contributed by atoms with Gasteiger partial charge in [-0.2, -0.15) is 8.42 Å². The van der Waals surface area contributed by atoms with Crippen molar-refractivity contribution in [3.05, 3.63) is 11.5 Å². The molecule has 0 atom stereocenters. The van der Waals surface area contributed by atoms with Crippen LogP contribution < -0.4 is 5.73 Å². The monoisotopic (exact) mass is 137 g/mol. The molecule has 0 aromatic carbocycles. The fourth-order valence-electron chi connectivity index (χ4n) is 0.105. The molecule has 4 nitrogen and oxygen atoms in total. The van der Waals surface area contributed by atoms with Crippen LogP contribution in [0.2, 0.25) is 0 Å². The molecule has 0 aromatic heterocycles. The second-order valence-corrected chi connectivity index (χ2v) is 2.75. The molecule has 0 heterocycles. The van der Waals surface area contributed by atoms with Crippen molar-refractivity contribution < 1.29 is 13.0 Å². The lowest BCUT2D eigenvalue weighted by Gasteiger charge is -1.92. The van der Waals surface area contributed by atoms with Crippen molar-refractivity contribution in [2.24, 2.45) is 5.73 Å². The van der Waals surface area contributed by atoms with E-state index in [-0.39, 0.29) is 11.4 Å². The molecule has 0 rings (SSSR count). The third kappa shape index (κ3) is 2.06. The van der Waals surface area contributed by atoms with E-state index in [4.69, 9.17) is 10.3 Å². The lowest BCUT2D eigenvalue weighted by atomic mass is 10.7. The van der Waals surface area contributed by atoms with Crippen molar-refractivity contribution >= 4 is 10.1 Å². The molecular formula is C3H7NO3S. The van der Waals surface area contributed by atoms with Gasteiger partial charge >= 0.3 is 0 Å². The molecule has 0 aliphatic carbocycles. The summed E-state index contributed by atoms with van der Waals surface area (Å²) in [5.74, 6) is 0. The smallest absolute Gasteiger partial charge is 0.291 e. The first-order valence-corrected chi connectivity index (χ1v) is 3.28. The number of hydrogen-bond donors (Lipinski definition) is 2. The van der Waals surface area contributed by atoms with Crippen LogP contribution in [0.15, 0.2) is 11.5 Å². The summed E-state index contributed by atoms with van der Waals surface area (Å²) in [5, 5.41) is 0. The Hall–Kier alpha value is -0.390. The van der Waals surface area contributed by atoms with Gasteiger partial charge in [0.2, 0.25) is 0 Å². The van der Waals surface area contributed by atoms with E-state index in [0.29, 0.717) is 0 Å². The van der Waals surface area contributed by atoms with E-state index in [1.807, 2.05) is 0 Å². The first kappa shape index (κ1) is 7.61. The first-order valence-electron chi connectivity index (χ1n) is 1.84. The highest BCUT2D eigenvalue weighted by molar-refractivity contribution is 7.89. The molecule has 0 unspecified atom stereocenters. The fourth-order valence-corrected chi connectivity index (χ4v) is 0.316. The van der Waals surface area contributed by atoms with Crippen molar-refractivity contribution in [3.63, 3.8) is 0 Å². The zero-order valence-electron chi connectivity index (χ0n) is 4.16. The van der Waals surface area contributed by atoms with Crippen LogP contribution in [0.3, 0.4) is 0 Å². The predicted molar refractivity (Wildman–Crippen MR) is 29.7 cm³/mol. The first-order chi connectivity index (χ1) is 3.48. The molecule has 0 radical (unpaired) electrons. The second-order valence-electron chi connectivity index (χ2n) is 1.22. The summed E-state index contributed by atoms with van der Waals surface area (Å²) in [6.45, 7) is 2.74. The van der Waals surface area contributed by atoms with Gasteiger partial charge in [0.05, 0.1) is 4.91 Å². The molecule has 0 saturated heterocycles. The quantitative estimate of drug-likeness (QED) is 0.495. The van der Waals surface area contributed by atoms with E-state index in [1.165, 1.54) is 0 Å². The van der Waals surface area contributed by atoms with Crippen molar-refractivity contribution in [2.75, 3.05) is 6.54 Å². The highest BCUT2D eigenvalue weighted by Crippen LogP contribution is 1.94. The molecule has 0 aliphatic rings. The summed E-state index contributed by atoms with van der Waals surface area (Å²) in [7, 11) is -4.07. The van der Waals surface area contributed by atoms with Crippen molar-refractivity contribution in [3.8, 4) is 0 Å². The molecule has 8 heavy (non-hydrogen) atoms. The van der Waals surface area contributed by atoms with Crippen molar-refractivity contribution in [1.82, 2.24) is 0 Å². The van der Waals surface area contributed by atoms with Gasteiger partial charge in [0.15, 0.2) is 0 Å². The number of nitrogens with two attached hydrogens (primary N) is 1. The fraction of sp³-hybridized carbons (Fsp3) is 0.333. The van der Waals surface area contributed by atoms with Crippen LogP contribution in [0.1, 0.15) is 0 Å². The molecule has 0 bridgehead atoms. The SMILES string of the molecule is C=C(CN)S(=O)(=O)O. The van der Waals surface area contributed by atoms with Crippen LogP contribution in [0.4, 0.5) is 0 Å².